The molecular formula is C20H16N6O3. The van der Waals surface area contributed by atoms with Crippen LogP contribution in [0.5, 0.6) is 5.75 Å². The molecule has 5 rings (SSSR count). The molecule has 1 aliphatic heterocycles. The van der Waals surface area contributed by atoms with Gasteiger partial charge in [-0.25, -0.2) is 0 Å². The van der Waals surface area contributed by atoms with Crippen molar-refractivity contribution < 1.29 is 14.1 Å². The van der Waals surface area contributed by atoms with E-state index in [0.717, 1.165) is 11.3 Å². The lowest BCUT2D eigenvalue weighted by Gasteiger charge is -2.13. The van der Waals surface area contributed by atoms with E-state index in [4.69, 9.17) is 9.26 Å². The topological polar surface area (TPSA) is 108 Å². The van der Waals surface area contributed by atoms with Crippen LogP contribution >= 0.6 is 0 Å². The smallest absolute Gasteiger partial charge is 0.274 e. The van der Waals surface area contributed by atoms with Crippen LogP contribution < -0.4 is 10.1 Å². The Morgan fingerprint density at radius 3 is 2.86 bits per heavy atom. The summed E-state index contributed by atoms with van der Waals surface area (Å²) in [5.74, 6) is 1.35. The Balaban J connectivity index is 1.34. The highest BCUT2D eigenvalue weighted by Crippen LogP contribution is 2.28. The number of tetrazole rings is 1. The minimum absolute atomic E-state index is 0.191. The third-order valence-electron chi connectivity index (χ3n) is 4.62. The number of nitrogens with one attached hydrogen (secondary N) is 1. The van der Waals surface area contributed by atoms with E-state index in [2.05, 4.69) is 26.0 Å². The van der Waals surface area contributed by atoms with Crippen molar-refractivity contribution in [2.75, 3.05) is 6.61 Å². The van der Waals surface area contributed by atoms with Crippen LogP contribution in [0.4, 0.5) is 0 Å². The van der Waals surface area contributed by atoms with Crippen molar-refractivity contribution in [2.45, 2.75) is 12.5 Å². The molecule has 9 nitrogen and oxygen atoms in total. The molecule has 0 unspecified atom stereocenters. The van der Waals surface area contributed by atoms with Crippen molar-refractivity contribution in [1.29, 1.82) is 0 Å². The van der Waals surface area contributed by atoms with Crippen molar-refractivity contribution in [1.82, 2.24) is 30.7 Å². The summed E-state index contributed by atoms with van der Waals surface area (Å²) in [6.07, 6.45) is 0.557. The molecule has 144 valence electrons. The summed E-state index contributed by atoms with van der Waals surface area (Å²) in [7, 11) is 0. The van der Waals surface area contributed by atoms with E-state index >= 15 is 0 Å². The summed E-state index contributed by atoms with van der Waals surface area (Å²) in [5.41, 5.74) is 1.98. The Morgan fingerprint density at radius 2 is 1.97 bits per heavy atom. The Bertz CT molecular complexity index is 1150. The van der Waals surface area contributed by atoms with Gasteiger partial charge < -0.3 is 14.6 Å². The molecule has 0 aliphatic carbocycles. The molecule has 1 N–H and O–H groups in total. The molecule has 4 aromatic rings. The second-order valence-electron chi connectivity index (χ2n) is 6.59. The van der Waals surface area contributed by atoms with Gasteiger partial charge in [0.1, 0.15) is 29.8 Å². The highest BCUT2D eigenvalue weighted by Gasteiger charge is 2.28. The molecule has 2 aromatic heterocycles. The van der Waals surface area contributed by atoms with E-state index in [1.807, 2.05) is 54.6 Å². The largest absolute Gasteiger partial charge is 0.489 e. The van der Waals surface area contributed by atoms with Crippen molar-refractivity contribution in [3.8, 4) is 11.4 Å². The standard InChI is InChI=1S/C20H16N6O3/c27-20(15-11-14(29-23-15)10-13-6-2-1-3-7-13)21-16-12-28-18-9-5-4-8-17(18)26-19(16)22-24-25-26/h1-9,11,16H,10,12H2,(H,21,27)/t16-/m0/s1. The summed E-state index contributed by atoms with van der Waals surface area (Å²) in [6.45, 7) is 0.192. The summed E-state index contributed by atoms with van der Waals surface area (Å²) < 4.78 is 12.7. The first-order valence-corrected chi connectivity index (χ1v) is 9.09. The number of hydrogen-bond donors (Lipinski definition) is 1. The molecule has 0 spiro atoms. The van der Waals surface area contributed by atoms with Gasteiger partial charge in [-0.2, -0.15) is 4.68 Å². The number of amides is 1. The molecule has 1 amide bonds. The fourth-order valence-corrected chi connectivity index (χ4v) is 3.22. The molecule has 1 aliphatic rings. The van der Waals surface area contributed by atoms with Crippen molar-refractivity contribution in [3.05, 3.63) is 83.5 Å². The Hall–Kier alpha value is -4.01. The van der Waals surface area contributed by atoms with Gasteiger partial charge in [-0.1, -0.05) is 47.6 Å². The monoisotopic (exact) mass is 388 g/mol. The van der Waals surface area contributed by atoms with Gasteiger partial charge in [0.2, 0.25) is 0 Å². The minimum atomic E-state index is -0.542. The van der Waals surface area contributed by atoms with Gasteiger partial charge in [0, 0.05) is 12.5 Å². The fourth-order valence-electron chi connectivity index (χ4n) is 3.22. The first-order valence-electron chi connectivity index (χ1n) is 9.09. The highest BCUT2D eigenvalue weighted by molar-refractivity contribution is 5.92. The third kappa shape index (κ3) is 3.33. The Labute approximate surface area is 165 Å². The van der Waals surface area contributed by atoms with Crippen LogP contribution in [-0.4, -0.2) is 37.9 Å². The number of carbonyl (C=O) groups excluding carboxylic acids is 1. The zero-order valence-corrected chi connectivity index (χ0v) is 15.2. The van der Waals surface area contributed by atoms with Gasteiger partial charge in [-0.3, -0.25) is 4.79 Å². The number of benzene rings is 2. The number of carbonyl (C=O) groups is 1. The van der Waals surface area contributed by atoms with Crippen molar-refractivity contribution in [3.63, 3.8) is 0 Å². The third-order valence-corrected chi connectivity index (χ3v) is 4.62. The zero-order chi connectivity index (χ0) is 19.6. The first-order chi connectivity index (χ1) is 14.3. The number of rotatable bonds is 4. The molecule has 2 aromatic carbocycles. The lowest BCUT2D eigenvalue weighted by atomic mass is 10.1. The van der Waals surface area contributed by atoms with Gasteiger partial charge in [-0.15, -0.1) is 5.10 Å². The Morgan fingerprint density at radius 1 is 1.14 bits per heavy atom. The zero-order valence-electron chi connectivity index (χ0n) is 15.2. The quantitative estimate of drug-likeness (QED) is 0.570. The molecule has 3 heterocycles. The van der Waals surface area contributed by atoms with E-state index in [0.29, 0.717) is 23.8 Å². The maximum absolute atomic E-state index is 12.7. The van der Waals surface area contributed by atoms with Gasteiger partial charge >= 0.3 is 0 Å². The lowest BCUT2D eigenvalue weighted by molar-refractivity contribution is 0.0910. The Kier molecular flexibility index (Phi) is 4.24. The predicted octanol–water partition coefficient (Wildman–Crippen LogP) is 2.10. The number of fused-ring (bicyclic) bond motifs is 3. The number of aromatic nitrogens is 5. The molecule has 0 saturated heterocycles. The van der Waals surface area contributed by atoms with E-state index in [9.17, 15) is 4.79 Å². The average molecular weight is 388 g/mol. The van der Waals surface area contributed by atoms with Crippen LogP contribution in [0.1, 0.15) is 33.7 Å². The molecule has 0 saturated carbocycles. The van der Waals surface area contributed by atoms with Crippen LogP contribution in [-0.2, 0) is 6.42 Å². The maximum Gasteiger partial charge on any atom is 0.274 e. The number of ether oxygens (including phenoxy) is 1. The summed E-state index contributed by atoms with van der Waals surface area (Å²) in [6, 6.07) is 18.3. The fraction of sp³-hybridized carbons (Fsp3) is 0.150. The molecule has 0 radical (unpaired) electrons. The number of para-hydroxylation sites is 2. The van der Waals surface area contributed by atoms with Gasteiger partial charge in [-0.05, 0) is 28.1 Å². The van der Waals surface area contributed by atoms with Gasteiger partial charge in [0.25, 0.3) is 5.91 Å². The van der Waals surface area contributed by atoms with E-state index < -0.39 is 6.04 Å². The molecule has 9 heteroatoms. The summed E-state index contributed by atoms with van der Waals surface area (Å²) in [5, 5.41) is 18.6. The second-order valence-corrected chi connectivity index (χ2v) is 6.59. The van der Waals surface area contributed by atoms with Crippen LogP contribution in [0.2, 0.25) is 0 Å². The highest BCUT2D eigenvalue weighted by atomic mass is 16.5. The number of hydrogen-bond acceptors (Lipinski definition) is 7. The van der Waals surface area contributed by atoms with E-state index in [-0.39, 0.29) is 18.2 Å². The van der Waals surface area contributed by atoms with E-state index in [1.165, 1.54) is 0 Å². The van der Waals surface area contributed by atoms with E-state index in [1.54, 1.807) is 10.7 Å². The average Bonchev–Trinajstić information content (AvgIpc) is 3.39. The van der Waals surface area contributed by atoms with Gasteiger partial charge in [0.15, 0.2) is 11.5 Å². The lowest BCUT2D eigenvalue weighted by Crippen LogP contribution is -2.33. The van der Waals surface area contributed by atoms with Crippen LogP contribution in [0.15, 0.2) is 65.2 Å². The van der Waals surface area contributed by atoms with Crippen LogP contribution in [0.25, 0.3) is 5.69 Å². The van der Waals surface area contributed by atoms with Crippen LogP contribution in [0, 0.1) is 0 Å². The summed E-state index contributed by atoms with van der Waals surface area (Å²) in [4.78, 5) is 12.7. The maximum atomic E-state index is 12.7. The SMILES string of the molecule is O=C(N[C@H]1COc2ccccc2-n2nnnc21)c1cc(Cc2ccccc2)on1. The van der Waals surface area contributed by atoms with Crippen molar-refractivity contribution in [2.24, 2.45) is 0 Å². The predicted molar refractivity (Wildman–Crippen MR) is 101 cm³/mol. The van der Waals surface area contributed by atoms with Crippen LogP contribution in [0.3, 0.4) is 0 Å². The van der Waals surface area contributed by atoms with Crippen molar-refractivity contribution >= 4 is 5.91 Å². The summed E-state index contributed by atoms with van der Waals surface area (Å²) >= 11 is 0. The molecule has 1 atom stereocenters. The normalized spacial score (nSPS) is 15.0. The first kappa shape index (κ1) is 17.1. The van der Waals surface area contributed by atoms with Gasteiger partial charge in [0.05, 0.1) is 0 Å². The molecule has 29 heavy (non-hydrogen) atoms. The molecular weight excluding hydrogens is 372 g/mol. The molecule has 0 fully saturated rings. The second kappa shape index (κ2) is 7.19. The minimum Gasteiger partial charge on any atom is -0.489 e. The number of nitrogens with zero attached hydrogens (tertiary/aromatic N) is 5. The molecule has 0 bridgehead atoms.